The lowest BCUT2D eigenvalue weighted by molar-refractivity contribution is 0.0600. The topological polar surface area (TPSA) is 87.8 Å². The number of methoxy groups -OCH3 is 2. The summed E-state index contributed by atoms with van der Waals surface area (Å²) in [6.07, 6.45) is 4.66. The molecule has 2 aromatic carbocycles. The first-order valence-corrected chi connectivity index (χ1v) is 8.06. The lowest BCUT2D eigenvalue weighted by Gasteiger charge is -2.11. The number of aromatic nitrogens is 3. The number of rotatable bonds is 7. The van der Waals surface area contributed by atoms with Gasteiger partial charge in [0.15, 0.2) is 11.5 Å². The molecule has 0 atom stereocenters. The molecule has 3 rings (SSSR count). The Morgan fingerprint density at radius 3 is 2.48 bits per heavy atom. The molecule has 0 bridgehead atoms. The number of carbonyl (C=O) groups is 1. The van der Waals surface area contributed by atoms with E-state index >= 15 is 0 Å². The van der Waals surface area contributed by atoms with Crippen LogP contribution in [0.3, 0.4) is 0 Å². The summed E-state index contributed by atoms with van der Waals surface area (Å²) < 4.78 is 17.4. The number of benzene rings is 2. The van der Waals surface area contributed by atoms with Gasteiger partial charge in [0.25, 0.3) is 0 Å². The molecule has 0 aliphatic heterocycles. The van der Waals surface area contributed by atoms with E-state index < -0.39 is 0 Å². The van der Waals surface area contributed by atoms with Crippen LogP contribution in [-0.4, -0.2) is 41.3 Å². The van der Waals surface area contributed by atoms with E-state index in [0.717, 1.165) is 11.1 Å². The van der Waals surface area contributed by atoms with Gasteiger partial charge in [-0.1, -0.05) is 12.1 Å². The molecule has 0 radical (unpaired) electrons. The number of ether oxygens (including phenoxy) is 3. The first-order chi connectivity index (χ1) is 13.2. The van der Waals surface area contributed by atoms with Crippen molar-refractivity contribution in [3.05, 3.63) is 71.8 Å². The van der Waals surface area contributed by atoms with Gasteiger partial charge in [-0.15, -0.1) is 10.2 Å². The van der Waals surface area contributed by atoms with E-state index in [1.165, 1.54) is 24.4 Å². The summed E-state index contributed by atoms with van der Waals surface area (Å²) in [6, 6.07) is 12.5. The lowest BCUT2D eigenvalue weighted by atomic mass is 10.1. The molecule has 0 spiro atoms. The molecule has 0 N–H and O–H groups in total. The Hall–Kier alpha value is -3.68. The fourth-order valence-electron chi connectivity index (χ4n) is 2.29. The van der Waals surface area contributed by atoms with Crippen LogP contribution in [0.15, 0.2) is 60.2 Å². The van der Waals surface area contributed by atoms with Crippen LogP contribution in [0, 0.1) is 0 Å². The Balaban J connectivity index is 1.66. The predicted molar refractivity (Wildman–Crippen MR) is 98.1 cm³/mol. The van der Waals surface area contributed by atoms with Gasteiger partial charge >= 0.3 is 5.97 Å². The first kappa shape index (κ1) is 18.1. The van der Waals surface area contributed by atoms with Crippen molar-refractivity contribution in [1.82, 2.24) is 14.9 Å². The van der Waals surface area contributed by atoms with Crippen molar-refractivity contribution in [2.24, 2.45) is 5.10 Å². The highest BCUT2D eigenvalue weighted by Gasteiger charge is 2.07. The van der Waals surface area contributed by atoms with Crippen LogP contribution in [0.5, 0.6) is 11.5 Å². The third-order valence-electron chi connectivity index (χ3n) is 3.70. The molecule has 0 amide bonds. The summed E-state index contributed by atoms with van der Waals surface area (Å²) in [5, 5.41) is 11.6. The second-order valence-corrected chi connectivity index (χ2v) is 5.47. The molecule has 1 heterocycles. The Labute approximate surface area is 156 Å². The van der Waals surface area contributed by atoms with Crippen LogP contribution in [0.4, 0.5) is 0 Å². The molecule has 138 valence electrons. The van der Waals surface area contributed by atoms with Crippen molar-refractivity contribution in [3.63, 3.8) is 0 Å². The maximum atomic E-state index is 11.5. The van der Waals surface area contributed by atoms with Gasteiger partial charge in [-0.25, -0.2) is 9.47 Å². The third kappa shape index (κ3) is 4.69. The SMILES string of the molecule is COC(=O)c1ccc(COc2ccc(C=Nn3cnnc3)cc2OC)cc1. The summed E-state index contributed by atoms with van der Waals surface area (Å²) >= 11 is 0. The van der Waals surface area contributed by atoms with Crippen LogP contribution in [-0.2, 0) is 11.3 Å². The number of carbonyl (C=O) groups excluding carboxylic acids is 1. The first-order valence-electron chi connectivity index (χ1n) is 8.06. The zero-order valence-electron chi connectivity index (χ0n) is 14.9. The van der Waals surface area contributed by atoms with Crippen LogP contribution in [0.25, 0.3) is 0 Å². The quantitative estimate of drug-likeness (QED) is 0.472. The van der Waals surface area contributed by atoms with E-state index in [1.807, 2.05) is 30.3 Å². The van der Waals surface area contributed by atoms with Gasteiger partial charge in [0, 0.05) is 0 Å². The Morgan fingerprint density at radius 2 is 1.81 bits per heavy atom. The van der Waals surface area contributed by atoms with Gasteiger partial charge in [-0.2, -0.15) is 5.10 Å². The van der Waals surface area contributed by atoms with Crippen LogP contribution in [0.1, 0.15) is 21.5 Å². The molecule has 0 fully saturated rings. The zero-order chi connectivity index (χ0) is 19.1. The molecule has 8 heteroatoms. The highest BCUT2D eigenvalue weighted by atomic mass is 16.5. The molecular weight excluding hydrogens is 348 g/mol. The number of hydrogen-bond acceptors (Lipinski definition) is 7. The maximum absolute atomic E-state index is 11.5. The molecule has 3 aromatic rings. The summed E-state index contributed by atoms with van der Waals surface area (Å²) in [4.78, 5) is 11.5. The Bertz CT molecular complexity index is 921. The van der Waals surface area contributed by atoms with Crippen molar-refractivity contribution in [1.29, 1.82) is 0 Å². The van der Waals surface area contributed by atoms with E-state index in [1.54, 1.807) is 25.5 Å². The fraction of sp³-hybridized carbons (Fsp3) is 0.158. The van der Waals surface area contributed by atoms with Crippen LogP contribution < -0.4 is 9.47 Å². The van der Waals surface area contributed by atoms with Gasteiger partial charge < -0.3 is 14.2 Å². The molecule has 8 nitrogen and oxygen atoms in total. The largest absolute Gasteiger partial charge is 0.493 e. The second-order valence-electron chi connectivity index (χ2n) is 5.47. The Morgan fingerprint density at radius 1 is 1.07 bits per heavy atom. The minimum Gasteiger partial charge on any atom is -0.493 e. The van der Waals surface area contributed by atoms with E-state index in [4.69, 9.17) is 9.47 Å². The third-order valence-corrected chi connectivity index (χ3v) is 3.70. The number of nitrogens with zero attached hydrogens (tertiary/aromatic N) is 4. The number of esters is 1. The highest BCUT2D eigenvalue weighted by Crippen LogP contribution is 2.28. The summed E-state index contributed by atoms with van der Waals surface area (Å²) in [7, 11) is 2.93. The van der Waals surface area contributed by atoms with E-state index in [-0.39, 0.29) is 5.97 Å². The smallest absolute Gasteiger partial charge is 0.337 e. The molecule has 27 heavy (non-hydrogen) atoms. The van der Waals surface area contributed by atoms with Gasteiger partial charge in [0.05, 0.1) is 26.0 Å². The van der Waals surface area contributed by atoms with Crippen molar-refractivity contribution < 1.29 is 19.0 Å². The predicted octanol–water partition coefficient (Wildman–Crippen LogP) is 2.53. The molecule has 0 aliphatic carbocycles. The summed E-state index contributed by atoms with van der Waals surface area (Å²) in [5.74, 6) is 0.831. The zero-order valence-corrected chi connectivity index (χ0v) is 14.9. The molecule has 0 saturated heterocycles. The Kier molecular flexibility index (Phi) is 5.78. The molecule has 0 aliphatic rings. The van der Waals surface area contributed by atoms with Crippen molar-refractivity contribution in [3.8, 4) is 11.5 Å². The molecule has 0 saturated carbocycles. The highest BCUT2D eigenvalue weighted by molar-refractivity contribution is 5.89. The molecule has 0 unspecified atom stereocenters. The van der Waals surface area contributed by atoms with E-state index in [2.05, 4.69) is 20.0 Å². The van der Waals surface area contributed by atoms with Crippen molar-refractivity contribution in [2.45, 2.75) is 6.61 Å². The van der Waals surface area contributed by atoms with Gasteiger partial charge in [-0.3, -0.25) is 0 Å². The van der Waals surface area contributed by atoms with Crippen molar-refractivity contribution >= 4 is 12.2 Å². The van der Waals surface area contributed by atoms with Crippen molar-refractivity contribution in [2.75, 3.05) is 14.2 Å². The molecular formula is C19H18N4O4. The van der Waals surface area contributed by atoms with Gasteiger partial charge in [-0.05, 0) is 41.5 Å². The summed E-state index contributed by atoms with van der Waals surface area (Å²) in [5.41, 5.74) is 2.26. The molecule has 1 aromatic heterocycles. The minimum absolute atomic E-state index is 0.339. The van der Waals surface area contributed by atoms with Crippen LogP contribution >= 0.6 is 0 Å². The number of hydrogen-bond donors (Lipinski definition) is 0. The van der Waals surface area contributed by atoms with E-state index in [9.17, 15) is 4.79 Å². The lowest BCUT2D eigenvalue weighted by Crippen LogP contribution is -2.02. The summed E-state index contributed by atoms with van der Waals surface area (Å²) in [6.45, 7) is 0.339. The van der Waals surface area contributed by atoms with Crippen LogP contribution in [0.2, 0.25) is 0 Å². The standard InChI is InChI=1S/C19H18N4O4/c1-25-18-9-15(10-22-23-12-20-21-13-23)5-8-17(18)27-11-14-3-6-16(7-4-14)19(24)26-2/h3-10,12-13H,11H2,1-2H3. The van der Waals surface area contributed by atoms with Gasteiger partial charge in [0.1, 0.15) is 19.3 Å². The van der Waals surface area contributed by atoms with Gasteiger partial charge in [0.2, 0.25) is 0 Å². The maximum Gasteiger partial charge on any atom is 0.337 e. The monoisotopic (exact) mass is 366 g/mol. The normalized spacial score (nSPS) is 10.7. The fourth-order valence-corrected chi connectivity index (χ4v) is 2.29. The second kappa shape index (κ2) is 8.61. The average molecular weight is 366 g/mol. The minimum atomic E-state index is -0.368. The van der Waals surface area contributed by atoms with E-state index in [0.29, 0.717) is 23.7 Å². The average Bonchev–Trinajstić information content (AvgIpc) is 3.24.